The third-order valence-electron chi connectivity index (χ3n) is 4.78. The number of aliphatic carboxylic acids is 1. The van der Waals surface area contributed by atoms with E-state index in [0.29, 0.717) is 11.6 Å². The number of rotatable bonds is 4. The molecule has 0 bridgehead atoms. The molecule has 1 aliphatic rings. The van der Waals surface area contributed by atoms with Crippen molar-refractivity contribution >= 4 is 17.6 Å². The molecule has 24 heavy (non-hydrogen) atoms. The highest BCUT2D eigenvalue weighted by molar-refractivity contribution is 6.00. The standard InChI is InChI=1S/C18H20N2O4/c1-9-10(2)24-16(19-9)11-6-5-7-12(8-11)20-15(21)13-14(17(22)23)18(13,3)4/h5-8,13-14H,1-4H3,(H,20,21)(H,22,23)/t13-,14+/m0/s1. The van der Waals surface area contributed by atoms with Gasteiger partial charge in [0.25, 0.3) is 0 Å². The predicted molar refractivity (Wildman–Crippen MR) is 88.4 cm³/mol. The maximum atomic E-state index is 12.4. The van der Waals surface area contributed by atoms with E-state index in [2.05, 4.69) is 10.3 Å². The number of carbonyl (C=O) groups excluding carboxylic acids is 1. The second-order valence-electron chi connectivity index (χ2n) is 6.85. The van der Waals surface area contributed by atoms with Gasteiger partial charge in [0, 0.05) is 11.3 Å². The lowest BCUT2D eigenvalue weighted by Crippen LogP contribution is -2.17. The summed E-state index contributed by atoms with van der Waals surface area (Å²) in [4.78, 5) is 28.0. The van der Waals surface area contributed by atoms with E-state index in [4.69, 9.17) is 4.42 Å². The van der Waals surface area contributed by atoms with Crippen LogP contribution in [0, 0.1) is 31.1 Å². The summed E-state index contributed by atoms with van der Waals surface area (Å²) in [6.45, 7) is 7.31. The molecule has 6 nitrogen and oxygen atoms in total. The Hall–Kier alpha value is -2.63. The van der Waals surface area contributed by atoms with Gasteiger partial charge in [-0.05, 0) is 37.5 Å². The van der Waals surface area contributed by atoms with E-state index in [-0.39, 0.29) is 5.91 Å². The van der Waals surface area contributed by atoms with Crippen molar-refractivity contribution in [2.24, 2.45) is 17.3 Å². The summed E-state index contributed by atoms with van der Waals surface area (Å²) >= 11 is 0. The van der Waals surface area contributed by atoms with Gasteiger partial charge in [0.05, 0.1) is 17.5 Å². The van der Waals surface area contributed by atoms with Crippen molar-refractivity contribution in [3.8, 4) is 11.5 Å². The number of oxazole rings is 1. The van der Waals surface area contributed by atoms with E-state index >= 15 is 0 Å². The zero-order valence-corrected chi connectivity index (χ0v) is 14.1. The second-order valence-corrected chi connectivity index (χ2v) is 6.85. The Morgan fingerprint density at radius 2 is 1.96 bits per heavy atom. The van der Waals surface area contributed by atoms with Gasteiger partial charge in [0.15, 0.2) is 0 Å². The van der Waals surface area contributed by atoms with Crippen LogP contribution in [0.2, 0.25) is 0 Å². The molecule has 2 atom stereocenters. The van der Waals surface area contributed by atoms with Crippen LogP contribution < -0.4 is 5.32 Å². The molecule has 0 radical (unpaired) electrons. The lowest BCUT2D eigenvalue weighted by molar-refractivity contribution is -0.140. The zero-order valence-electron chi connectivity index (χ0n) is 14.1. The molecule has 6 heteroatoms. The number of carboxylic acid groups (broad SMARTS) is 1. The predicted octanol–water partition coefficient (Wildman–Crippen LogP) is 3.25. The van der Waals surface area contributed by atoms with Crippen molar-refractivity contribution in [2.75, 3.05) is 5.32 Å². The van der Waals surface area contributed by atoms with Crippen molar-refractivity contribution in [1.82, 2.24) is 4.98 Å². The van der Waals surface area contributed by atoms with Crippen LogP contribution in [-0.2, 0) is 9.59 Å². The molecule has 1 aliphatic carbocycles. The minimum Gasteiger partial charge on any atom is -0.481 e. The van der Waals surface area contributed by atoms with E-state index in [1.54, 1.807) is 32.0 Å². The number of aromatic nitrogens is 1. The highest BCUT2D eigenvalue weighted by Gasteiger charge is 2.65. The summed E-state index contributed by atoms with van der Waals surface area (Å²) in [5, 5.41) is 12.0. The van der Waals surface area contributed by atoms with Crippen LogP contribution in [0.3, 0.4) is 0 Å². The lowest BCUT2D eigenvalue weighted by atomic mass is 10.1. The highest BCUT2D eigenvalue weighted by Crippen LogP contribution is 2.58. The van der Waals surface area contributed by atoms with Crippen molar-refractivity contribution in [2.45, 2.75) is 27.7 Å². The molecule has 0 saturated heterocycles. The molecule has 126 valence electrons. The van der Waals surface area contributed by atoms with Gasteiger partial charge in [-0.3, -0.25) is 9.59 Å². The first-order chi connectivity index (χ1) is 11.2. The smallest absolute Gasteiger partial charge is 0.307 e. The Kier molecular flexibility index (Phi) is 3.70. The van der Waals surface area contributed by atoms with Crippen molar-refractivity contribution in [1.29, 1.82) is 0 Å². The second kappa shape index (κ2) is 5.47. The number of anilines is 1. The molecule has 0 unspecified atom stereocenters. The monoisotopic (exact) mass is 328 g/mol. The normalized spacial score (nSPS) is 21.3. The number of nitrogens with one attached hydrogen (secondary N) is 1. The molecule has 0 aliphatic heterocycles. The number of aryl methyl sites for hydroxylation is 2. The van der Waals surface area contributed by atoms with E-state index in [0.717, 1.165) is 17.0 Å². The van der Waals surface area contributed by atoms with Crippen LogP contribution in [-0.4, -0.2) is 22.0 Å². The van der Waals surface area contributed by atoms with Crippen LogP contribution in [0.4, 0.5) is 5.69 Å². The molecule has 2 aromatic rings. The minimum atomic E-state index is -0.931. The third-order valence-corrected chi connectivity index (χ3v) is 4.78. The summed E-state index contributed by atoms with van der Waals surface area (Å²) < 4.78 is 5.60. The number of hydrogen-bond acceptors (Lipinski definition) is 4. The number of benzene rings is 1. The van der Waals surface area contributed by atoms with Crippen LogP contribution >= 0.6 is 0 Å². The van der Waals surface area contributed by atoms with Gasteiger partial charge in [-0.2, -0.15) is 0 Å². The highest BCUT2D eigenvalue weighted by atomic mass is 16.4. The summed E-state index contributed by atoms with van der Waals surface area (Å²) in [6, 6.07) is 7.18. The number of nitrogens with zero attached hydrogens (tertiary/aromatic N) is 1. The molecule has 1 saturated carbocycles. The van der Waals surface area contributed by atoms with Crippen molar-refractivity contribution < 1.29 is 19.1 Å². The third kappa shape index (κ3) is 2.68. The lowest BCUT2D eigenvalue weighted by Gasteiger charge is -2.07. The Bertz CT molecular complexity index is 803. The number of hydrogen-bond donors (Lipinski definition) is 2. The molecule has 0 spiro atoms. The largest absolute Gasteiger partial charge is 0.481 e. The first-order valence-corrected chi connectivity index (χ1v) is 7.80. The van der Waals surface area contributed by atoms with Crippen LogP contribution in [0.5, 0.6) is 0 Å². The average Bonchev–Trinajstić information content (AvgIpc) is 2.94. The fourth-order valence-corrected chi connectivity index (χ4v) is 3.13. The Morgan fingerprint density at radius 1 is 1.25 bits per heavy atom. The molecule has 1 aromatic carbocycles. The van der Waals surface area contributed by atoms with Gasteiger partial charge in [-0.1, -0.05) is 19.9 Å². The summed E-state index contributed by atoms with van der Waals surface area (Å²) in [5.74, 6) is -1.12. The number of carboxylic acids is 1. The number of amides is 1. The molecule has 1 fully saturated rings. The van der Waals surface area contributed by atoms with Gasteiger partial charge >= 0.3 is 5.97 Å². The van der Waals surface area contributed by atoms with E-state index in [9.17, 15) is 14.7 Å². The summed E-state index contributed by atoms with van der Waals surface area (Å²) in [7, 11) is 0. The minimum absolute atomic E-state index is 0.274. The van der Waals surface area contributed by atoms with Gasteiger partial charge in [-0.15, -0.1) is 0 Å². The van der Waals surface area contributed by atoms with E-state index in [1.807, 2.05) is 19.9 Å². The van der Waals surface area contributed by atoms with Gasteiger partial charge in [0.2, 0.25) is 11.8 Å². The topological polar surface area (TPSA) is 92.4 Å². The summed E-state index contributed by atoms with van der Waals surface area (Å²) in [6.07, 6.45) is 0. The fraction of sp³-hybridized carbons (Fsp3) is 0.389. The molecular weight excluding hydrogens is 308 g/mol. The average molecular weight is 328 g/mol. The molecule has 2 N–H and O–H groups in total. The molecule has 1 heterocycles. The van der Waals surface area contributed by atoms with Gasteiger partial charge < -0.3 is 14.8 Å². The SMILES string of the molecule is Cc1nc(-c2cccc(NC(=O)[C@@H]3[C@H](C(=O)O)C3(C)C)c2)oc1C. The van der Waals surface area contributed by atoms with E-state index in [1.165, 1.54) is 0 Å². The first kappa shape index (κ1) is 16.2. The first-order valence-electron chi connectivity index (χ1n) is 7.80. The Morgan fingerprint density at radius 3 is 2.50 bits per heavy atom. The van der Waals surface area contributed by atoms with Gasteiger partial charge in [0.1, 0.15) is 5.76 Å². The fourth-order valence-electron chi connectivity index (χ4n) is 3.13. The van der Waals surface area contributed by atoms with Crippen molar-refractivity contribution in [3.05, 3.63) is 35.7 Å². The molecule has 1 aromatic heterocycles. The molecular formula is C18H20N2O4. The summed E-state index contributed by atoms with van der Waals surface area (Å²) in [5.41, 5.74) is 1.65. The van der Waals surface area contributed by atoms with Gasteiger partial charge in [-0.25, -0.2) is 4.98 Å². The van der Waals surface area contributed by atoms with Crippen molar-refractivity contribution in [3.63, 3.8) is 0 Å². The van der Waals surface area contributed by atoms with Crippen LogP contribution in [0.25, 0.3) is 11.5 Å². The zero-order chi connectivity index (χ0) is 17.6. The molecule has 3 rings (SSSR count). The quantitative estimate of drug-likeness (QED) is 0.898. The maximum Gasteiger partial charge on any atom is 0.307 e. The van der Waals surface area contributed by atoms with E-state index < -0.39 is 23.2 Å². The Balaban J connectivity index is 1.78. The molecule has 1 amide bonds. The maximum absolute atomic E-state index is 12.4. The van der Waals surface area contributed by atoms with Crippen LogP contribution in [0.1, 0.15) is 25.3 Å². The number of carbonyl (C=O) groups is 2. The van der Waals surface area contributed by atoms with Crippen LogP contribution in [0.15, 0.2) is 28.7 Å². The Labute approximate surface area is 139 Å².